The van der Waals surface area contributed by atoms with Crippen molar-refractivity contribution in [1.29, 1.82) is 0 Å². The first-order chi connectivity index (χ1) is 14.5. The van der Waals surface area contributed by atoms with E-state index < -0.39 is 5.76 Å². The Morgan fingerprint density at radius 2 is 2.17 bits per heavy atom. The molecule has 0 unspecified atom stereocenters. The number of hydrogen-bond donors (Lipinski definition) is 0. The van der Waals surface area contributed by atoms with E-state index in [2.05, 4.69) is 34.8 Å². The quantitative estimate of drug-likeness (QED) is 0.567. The molecule has 1 aliphatic heterocycles. The predicted octanol–water partition coefficient (Wildman–Crippen LogP) is 3.16. The fourth-order valence-corrected chi connectivity index (χ4v) is 3.29. The van der Waals surface area contributed by atoms with Crippen molar-refractivity contribution in [2.75, 3.05) is 0 Å². The van der Waals surface area contributed by atoms with Crippen LogP contribution in [0.4, 0.5) is 5.82 Å². The average Bonchev–Trinajstić information content (AvgIpc) is 3.30. The van der Waals surface area contributed by atoms with Crippen LogP contribution >= 0.6 is 0 Å². The van der Waals surface area contributed by atoms with Gasteiger partial charge in [-0.05, 0) is 23.1 Å². The minimum absolute atomic E-state index is 0.254. The maximum absolute atomic E-state index is 12.2. The molecule has 3 aromatic rings. The number of nitrogens with zero attached hydrogens (tertiary/aromatic N) is 6. The lowest BCUT2D eigenvalue weighted by molar-refractivity contribution is 0.407. The lowest BCUT2D eigenvalue weighted by Crippen LogP contribution is -2.23. The van der Waals surface area contributed by atoms with Crippen LogP contribution in [-0.2, 0) is 26.6 Å². The van der Waals surface area contributed by atoms with E-state index in [1.807, 2.05) is 35.9 Å². The van der Waals surface area contributed by atoms with Crippen LogP contribution in [-0.4, -0.2) is 30.6 Å². The van der Waals surface area contributed by atoms with Crippen LogP contribution in [0.1, 0.15) is 22.7 Å². The van der Waals surface area contributed by atoms with E-state index in [1.54, 1.807) is 23.6 Å². The lowest BCUT2D eigenvalue weighted by atomic mass is 10.0. The molecular weight excluding hydrogens is 380 g/mol. The van der Waals surface area contributed by atoms with Gasteiger partial charge in [0.15, 0.2) is 5.82 Å². The van der Waals surface area contributed by atoms with E-state index in [4.69, 9.17) is 4.42 Å². The number of benzene rings is 1. The van der Waals surface area contributed by atoms with Crippen LogP contribution in [0.3, 0.4) is 0 Å². The highest BCUT2D eigenvalue weighted by Gasteiger charge is 2.22. The Morgan fingerprint density at radius 3 is 2.97 bits per heavy atom. The Bertz CT molecular complexity index is 1230. The fraction of sp³-hybridized carbons (Fsp3) is 0.182. The molecule has 0 spiro atoms. The summed E-state index contributed by atoms with van der Waals surface area (Å²) in [5.41, 5.74) is 4.48. The molecule has 1 aliphatic rings. The monoisotopic (exact) mass is 402 g/mol. The smallest absolute Gasteiger partial charge is 0.390 e. The number of aryl methyl sites for hydroxylation is 3. The number of hydrogen-bond acceptors (Lipinski definition) is 6. The molecule has 0 aliphatic carbocycles. The molecule has 0 saturated heterocycles. The number of aliphatic imine (C=N–C) groups is 1. The minimum Gasteiger partial charge on any atom is -0.390 e. The second-order valence-corrected chi connectivity index (χ2v) is 7.01. The molecule has 0 N–H and O–H groups in total. The second-order valence-electron chi connectivity index (χ2n) is 7.01. The van der Waals surface area contributed by atoms with Gasteiger partial charge >= 0.3 is 5.76 Å². The molecule has 1 aromatic carbocycles. The number of fused-ring (bicyclic) bond motifs is 1. The number of imidazole rings is 1. The summed E-state index contributed by atoms with van der Waals surface area (Å²) < 4.78 is 8.52. The third-order valence-corrected chi connectivity index (χ3v) is 4.97. The molecule has 0 bridgehead atoms. The molecule has 0 amide bonds. The second kappa shape index (κ2) is 7.82. The maximum Gasteiger partial charge on any atom is 0.437 e. The third kappa shape index (κ3) is 3.67. The van der Waals surface area contributed by atoms with E-state index in [0.29, 0.717) is 24.7 Å². The van der Waals surface area contributed by atoms with Crippen molar-refractivity contribution in [3.8, 4) is 0 Å². The van der Waals surface area contributed by atoms with Crippen molar-refractivity contribution < 1.29 is 4.42 Å². The van der Waals surface area contributed by atoms with E-state index >= 15 is 0 Å². The van der Waals surface area contributed by atoms with Gasteiger partial charge in [-0.2, -0.15) is 4.68 Å². The molecule has 152 valence electrons. The summed E-state index contributed by atoms with van der Waals surface area (Å²) in [4.78, 5) is 22.5. The Balaban J connectivity index is 1.45. The summed E-state index contributed by atoms with van der Waals surface area (Å²) >= 11 is 0. The Kier molecular flexibility index (Phi) is 5.05. The highest BCUT2D eigenvalue weighted by atomic mass is 16.4. The highest BCUT2D eigenvalue weighted by molar-refractivity contribution is 5.83. The van der Waals surface area contributed by atoms with Gasteiger partial charge in [-0.15, -0.1) is 5.10 Å². The Hall–Kier alpha value is -3.94. The zero-order valence-corrected chi connectivity index (χ0v) is 16.8. The largest absolute Gasteiger partial charge is 0.437 e. The molecule has 8 nitrogen and oxygen atoms in total. The number of rotatable bonds is 7. The van der Waals surface area contributed by atoms with Gasteiger partial charge in [0.25, 0.3) is 0 Å². The van der Waals surface area contributed by atoms with Crippen LogP contribution < -0.4 is 5.76 Å². The van der Waals surface area contributed by atoms with E-state index in [0.717, 1.165) is 28.1 Å². The summed E-state index contributed by atoms with van der Waals surface area (Å²) in [5, 5.41) is 4.33. The van der Waals surface area contributed by atoms with Gasteiger partial charge in [0.05, 0.1) is 24.9 Å². The minimum atomic E-state index is -0.488. The molecule has 0 fully saturated rings. The van der Waals surface area contributed by atoms with Crippen LogP contribution in [0.15, 0.2) is 70.6 Å². The summed E-state index contributed by atoms with van der Waals surface area (Å²) in [6, 6.07) is 7.99. The van der Waals surface area contributed by atoms with Gasteiger partial charge in [-0.25, -0.2) is 14.8 Å². The van der Waals surface area contributed by atoms with Crippen LogP contribution in [0.2, 0.25) is 0 Å². The van der Waals surface area contributed by atoms with E-state index in [1.165, 1.54) is 4.68 Å². The zero-order valence-electron chi connectivity index (χ0n) is 16.8. The maximum atomic E-state index is 12.2. The van der Waals surface area contributed by atoms with Crippen LogP contribution in [0.5, 0.6) is 0 Å². The zero-order chi connectivity index (χ0) is 21.3. The Labute approximate surface area is 173 Å². The van der Waals surface area contributed by atoms with Gasteiger partial charge in [-0.3, -0.25) is 0 Å². The number of allylic oxidation sites excluding steroid dienone is 2. The Morgan fingerprint density at radius 1 is 1.33 bits per heavy atom. The fourth-order valence-electron chi connectivity index (χ4n) is 3.29. The molecular formula is C22H22N6O2. The summed E-state index contributed by atoms with van der Waals surface area (Å²) in [5.74, 6) is 0.427. The third-order valence-electron chi connectivity index (χ3n) is 4.97. The molecule has 4 rings (SSSR count). The van der Waals surface area contributed by atoms with Crippen molar-refractivity contribution >= 4 is 23.4 Å². The van der Waals surface area contributed by atoms with E-state index in [9.17, 15) is 4.79 Å². The molecule has 30 heavy (non-hydrogen) atoms. The SMILES string of the molecule is C=CC(=C)c1cccc(CCn2nc(CN3C=Nc4ncn(C)c4C3=C)oc2=O)c1. The summed E-state index contributed by atoms with van der Waals surface area (Å²) in [7, 11) is 1.88. The van der Waals surface area contributed by atoms with E-state index in [-0.39, 0.29) is 6.54 Å². The molecule has 0 atom stereocenters. The first kappa shape index (κ1) is 19.4. The van der Waals surface area contributed by atoms with Gasteiger partial charge < -0.3 is 13.9 Å². The standard InChI is InChI=1S/C22H22N6O2/c1-5-15(2)18-8-6-7-17(11-18)9-10-28-22(29)30-19(25-28)12-27-14-24-21-20(16(27)3)26(4)13-23-21/h5-8,11,13-14H,1-3,9-10,12H2,4H3. The van der Waals surface area contributed by atoms with Gasteiger partial charge in [-0.1, -0.05) is 50.1 Å². The van der Waals surface area contributed by atoms with Crippen molar-refractivity contribution in [3.05, 3.63) is 89.7 Å². The van der Waals surface area contributed by atoms with Crippen molar-refractivity contribution in [2.45, 2.75) is 19.5 Å². The van der Waals surface area contributed by atoms with Crippen molar-refractivity contribution in [1.82, 2.24) is 24.2 Å². The lowest BCUT2D eigenvalue weighted by Gasteiger charge is -2.23. The summed E-state index contributed by atoms with van der Waals surface area (Å²) in [6.45, 7) is 12.5. The number of aromatic nitrogens is 4. The molecule has 3 heterocycles. The molecule has 0 saturated carbocycles. The van der Waals surface area contributed by atoms with Gasteiger partial charge in [0, 0.05) is 7.05 Å². The van der Waals surface area contributed by atoms with Crippen LogP contribution in [0.25, 0.3) is 11.3 Å². The highest BCUT2D eigenvalue weighted by Crippen LogP contribution is 2.29. The topological polar surface area (TPSA) is 81.4 Å². The van der Waals surface area contributed by atoms with Crippen LogP contribution in [0, 0.1) is 0 Å². The molecule has 2 aromatic heterocycles. The van der Waals surface area contributed by atoms with Crippen molar-refractivity contribution in [3.63, 3.8) is 0 Å². The normalized spacial score (nSPS) is 12.8. The van der Waals surface area contributed by atoms with Crippen molar-refractivity contribution in [2.24, 2.45) is 12.0 Å². The first-order valence-corrected chi connectivity index (χ1v) is 9.45. The average molecular weight is 402 g/mol. The molecule has 0 radical (unpaired) electrons. The predicted molar refractivity (Wildman–Crippen MR) is 116 cm³/mol. The first-order valence-electron chi connectivity index (χ1n) is 9.45. The van der Waals surface area contributed by atoms with Gasteiger partial charge in [0.1, 0.15) is 12.2 Å². The summed E-state index contributed by atoms with van der Waals surface area (Å²) in [6.07, 6.45) is 5.67. The van der Waals surface area contributed by atoms with Gasteiger partial charge in [0.2, 0.25) is 5.89 Å². The molecule has 8 heteroatoms.